The van der Waals surface area contributed by atoms with Crippen molar-refractivity contribution in [3.05, 3.63) is 70.5 Å². The minimum Gasteiger partial charge on any atom is -0.411 e. The van der Waals surface area contributed by atoms with E-state index < -0.39 is 0 Å². The molecule has 3 heteroatoms. The second-order valence-electron chi connectivity index (χ2n) is 4.60. The Labute approximate surface area is 112 Å². The number of hydrogen-bond acceptors (Lipinski definition) is 2. The van der Waals surface area contributed by atoms with E-state index in [1.807, 2.05) is 44.2 Å². The van der Waals surface area contributed by atoms with Crippen molar-refractivity contribution in [2.45, 2.75) is 20.3 Å². The van der Waals surface area contributed by atoms with E-state index in [1.165, 1.54) is 12.1 Å². The Bertz CT molecular complexity index is 606. The number of nitrogens with zero attached hydrogens (tertiary/aromatic N) is 1. The molecule has 0 fully saturated rings. The molecule has 0 spiro atoms. The maximum atomic E-state index is 13.5. The molecule has 0 unspecified atom stereocenters. The Hall–Kier alpha value is -2.16. The number of benzene rings is 2. The molecule has 2 aromatic rings. The molecule has 19 heavy (non-hydrogen) atoms. The summed E-state index contributed by atoms with van der Waals surface area (Å²) < 4.78 is 13.5. The van der Waals surface area contributed by atoms with Crippen LogP contribution in [0.25, 0.3) is 0 Å². The lowest BCUT2D eigenvalue weighted by Gasteiger charge is -2.10. The second-order valence-corrected chi connectivity index (χ2v) is 4.60. The normalized spacial score (nSPS) is 11.6. The third-order valence-corrected chi connectivity index (χ3v) is 3.33. The molecule has 0 atom stereocenters. The van der Waals surface area contributed by atoms with Gasteiger partial charge in [0.15, 0.2) is 0 Å². The van der Waals surface area contributed by atoms with E-state index in [-0.39, 0.29) is 5.82 Å². The minimum absolute atomic E-state index is 0.261. The van der Waals surface area contributed by atoms with Crippen molar-refractivity contribution in [3.8, 4) is 0 Å². The number of hydrogen-bond donors (Lipinski definition) is 1. The van der Waals surface area contributed by atoms with Crippen LogP contribution in [0, 0.1) is 19.7 Å². The first-order valence-electron chi connectivity index (χ1n) is 6.14. The molecule has 0 radical (unpaired) electrons. The Morgan fingerprint density at radius 3 is 2.47 bits per heavy atom. The van der Waals surface area contributed by atoms with Gasteiger partial charge in [-0.2, -0.15) is 0 Å². The number of rotatable bonds is 3. The summed E-state index contributed by atoms with van der Waals surface area (Å²) in [5.41, 5.74) is 4.15. The molecule has 0 saturated carbocycles. The highest BCUT2D eigenvalue weighted by molar-refractivity contribution is 6.01. The second kappa shape index (κ2) is 5.65. The van der Waals surface area contributed by atoms with Gasteiger partial charge in [0.1, 0.15) is 5.82 Å². The molecule has 0 aliphatic carbocycles. The van der Waals surface area contributed by atoms with Gasteiger partial charge in [0.25, 0.3) is 0 Å². The minimum atomic E-state index is -0.261. The molecule has 0 heterocycles. The van der Waals surface area contributed by atoms with E-state index in [9.17, 15) is 4.39 Å². The summed E-state index contributed by atoms with van der Waals surface area (Å²) in [4.78, 5) is 0. The molecule has 1 N–H and O–H groups in total. The number of aryl methyl sites for hydroxylation is 1. The Morgan fingerprint density at radius 1 is 1.16 bits per heavy atom. The van der Waals surface area contributed by atoms with Crippen molar-refractivity contribution in [3.63, 3.8) is 0 Å². The summed E-state index contributed by atoms with van der Waals surface area (Å²) in [6.07, 6.45) is 0.408. The highest BCUT2D eigenvalue weighted by Crippen LogP contribution is 2.18. The average molecular weight is 257 g/mol. The topological polar surface area (TPSA) is 32.6 Å². The van der Waals surface area contributed by atoms with Gasteiger partial charge in [0, 0.05) is 6.42 Å². The largest absolute Gasteiger partial charge is 0.411 e. The van der Waals surface area contributed by atoms with Gasteiger partial charge in [-0.25, -0.2) is 4.39 Å². The first kappa shape index (κ1) is 13.3. The van der Waals surface area contributed by atoms with Crippen molar-refractivity contribution in [2.24, 2.45) is 5.16 Å². The van der Waals surface area contributed by atoms with Crippen LogP contribution in [-0.2, 0) is 6.42 Å². The van der Waals surface area contributed by atoms with Crippen LogP contribution >= 0.6 is 0 Å². The molecular formula is C16H16FNO. The summed E-state index contributed by atoms with van der Waals surface area (Å²) in [5, 5.41) is 12.5. The van der Waals surface area contributed by atoms with E-state index in [4.69, 9.17) is 5.21 Å². The first-order valence-corrected chi connectivity index (χ1v) is 6.14. The fourth-order valence-electron chi connectivity index (χ4n) is 2.07. The zero-order chi connectivity index (χ0) is 13.8. The van der Waals surface area contributed by atoms with Gasteiger partial charge in [-0.15, -0.1) is 0 Å². The van der Waals surface area contributed by atoms with E-state index >= 15 is 0 Å². The molecule has 98 valence electrons. The van der Waals surface area contributed by atoms with Crippen LogP contribution in [0.2, 0.25) is 0 Å². The lowest BCUT2D eigenvalue weighted by atomic mass is 9.96. The Morgan fingerprint density at radius 2 is 1.84 bits per heavy atom. The fraction of sp³-hybridized carbons (Fsp3) is 0.188. The van der Waals surface area contributed by atoms with Crippen molar-refractivity contribution in [1.29, 1.82) is 0 Å². The molecule has 0 aliphatic heterocycles. The van der Waals surface area contributed by atoms with Crippen LogP contribution in [0.5, 0.6) is 0 Å². The highest BCUT2D eigenvalue weighted by atomic mass is 19.1. The maximum absolute atomic E-state index is 13.5. The van der Waals surface area contributed by atoms with Crippen LogP contribution in [-0.4, -0.2) is 10.9 Å². The molecule has 0 aliphatic rings. The van der Waals surface area contributed by atoms with Crippen molar-refractivity contribution in [1.82, 2.24) is 0 Å². The first-order chi connectivity index (χ1) is 9.11. The zero-order valence-electron chi connectivity index (χ0n) is 11.0. The van der Waals surface area contributed by atoms with E-state index in [1.54, 1.807) is 0 Å². The monoisotopic (exact) mass is 257 g/mol. The molecule has 2 aromatic carbocycles. The molecule has 0 saturated heterocycles. The SMILES string of the molecule is Cc1cc(F)cc(CC(=NO)c2ccccc2)c1C. The van der Waals surface area contributed by atoms with E-state index in [2.05, 4.69) is 5.16 Å². The van der Waals surface area contributed by atoms with Crippen LogP contribution < -0.4 is 0 Å². The third kappa shape index (κ3) is 2.99. The van der Waals surface area contributed by atoms with Gasteiger partial charge in [-0.1, -0.05) is 35.5 Å². The molecule has 0 amide bonds. The molecule has 2 rings (SSSR count). The number of halogens is 1. The predicted molar refractivity (Wildman–Crippen MR) is 74.3 cm³/mol. The van der Waals surface area contributed by atoms with Gasteiger partial charge >= 0.3 is 0 Å². The third-order valence-electron chi connectivity index (χ3n) is 3.33. The maximum Gasteiger partial charge on any atom is 0.123 e. The number of oxime groups is 1. The summed E-state index contributed by atoms with van der Waals surface area (Å²) in [6.45, 7) is 3.82. The van der Waals surface area contributed by atoms with Crippen LogP contribution in [0.3, 0.4) is 0 Å². The Kier molecular flexibility index (Phi) is 3.95. The van der Waals surface area contributed by atoms with Crippen LogP contribution in [0.1, 0.15) is 22.3 Å². The summed E-state index contributed by atoms with van der Waals surface area (Å²) in [5.74, 6) is -0.261. The van der Waals surface area contributed by atoms with Crippen molar-refractivity contribution >= 4 is 5.71 Å². The van der Waals surface area contributed by atoms with Crippen LogP contribution in [0.15, 0.2) is 47.6 Å². The highest BCUT2D eigenvalue weighted by Gasteiger charge is 2.10. The molecule has 0 aromatic heterocycles. The lowest BCUT2D eigenvalue weighted by molar-refractivity contribution is 0.318. The van der Waals surface area contributed by atoms with Gasteiger partial charge in [-0.05, 0) is 48.2 Å². The van der Waals surface area contributed by atoms with E-state index in [0.717, 1.165) is 22.3 Å². The Balaban J connectivity index is 2.35. The summed E-state index contributed by atoms with van der Waals surface area (Å²) >= 11 is 0. The smallest absolute Gasteiger partial charge is 0.123 e. The van der Waals surface area contributed by atoms with E-state index in [0.29, 0.717) is 12.1 Å². The quantitative estimate of drug-likeness (QED) is 0.505. The van der Waals surface area contributed by atoms with Crippen molar-refractivity contribution < 1.29 is 9.60 Å². The average Bonchev–Trinajstić information content (AvgIpc) is 2.42. The summed E-state index contributed by atoms with van der Waals surface area (Å²) in [6, 6.07) is 12.4. The van der Waals surface area contributed by atoms with Crippen molar-refractivity contribution in [2.75, 3.05) is 0 Å². The van der Waals surface area contributed by atoms with Gasteiger partial charge in [0.2, 0.25) is 0 Å². The van der Waals surface area contributed by atoms with Crippen LogP contribution in [0.4, 0.5) is 4.39 Å². The fourth-order valence-corrected chi connectivity index (χ4v) is 2.07. The standard InChI is InChI=1S/C16H16FNO/c1-11-8-15(17)9-14(12(11)2)10-16(18-19)13-6-4-3-5-7-13/h3-9,19H,10H2,1-2H3. The lowest BCUT2D eigenvalue weighted by Crippen LogP contribution is -2.07. The molecule has 2 nitrogen and oxygen atoms in total. The molecule has 0 bridgehead atoms. The molecular weight excluding hydrogens is 241 g/mol. The van der Waals surface area contributed by atoms with Gasteiger partial charge in [0.05, 0.1) is 5.71 Å². The van der Waals surface area contributed by atoms with Gasteiger partial charge in [-0.3, -0.25) is 0 Å². The summed E-state index contributed by atoms with van der Waals surface area (Å²) in [7, 11) is 0. The van der Waals surface area contributed by atoms with Gasteiger partial charge < -0.3 is 5.21 Å². The predicted octanol–water partition coefficient (Wildman–Crippen LogP) is 3.86. The zero-order valence-corrected chi connectivity index (χ0v) is 11.0.